The fourth-order valence-electron chi connectivity index (χ4n) is 11.1. The summed E-state index contributed by atoms with van der Waals surface area (Å²) in [5.41, 5.74) is 1.12. The molecular formula is C31H50O4. The molecule has 11 atom stereocenters. The number of esters is 1. The van der Waals surface area contributed by atoms with E-state index in [2.05, 4.69) is 47.6 Å². The first kappa shape index (κ1) is 25.8. The van der Waals surface area contributed by atoms with E-state index < -0.39 is 11.5 Å². The van der Waals surface area contributed by atoms with Crippen LogP contribution in [0, 0.1) is 56.7 Å². The SMILES string of the molecule is COC(=O)[C@]12CC[C@@H](C)[C@H](C)[C@@H]1C1=CC[C@@H]3[C@@]4(C)CC[C@H](O)[C@@](C)(CO)[C@@H]4CC[C@@]3(C)[C@]1(C)CC2. The van der Waals surface area contributed by atoms with Crippen LogP contribution in [-0.2, 0) is 9.53 Å². The molecule has 0 aliphatic heterocycles. The molecule has 4 saturated carbocycles. The molecule has 4 nitrogen and oxygen atoms in total. The summed E-state index contributed by atoms with van der Waals surface area (Å²) in [5, 5.41) is 21.4. The van der Waals surface area contributed by atoms with E-state index in [1.807, 2.05) is 0 Å². The number of carbonyl (C=O) groups is 1. The van der Waals surface area contributed by atoms with E-state index in [1.165, 1.54) is 0 Å². The lowest BCUT2D eigenvalue weighted by Crippen LogP contribution is -2.66. The predicted octanol–water partition coefficient (Wildman–Crippen LogP) is 6.15. The standard InChI is InChI=1S/C31H50O4/c1-19-10-15-31(26(34)35-7)17-16-29(5)21(25(31)20(19)2)8-9-23-27(3)13-12-24(33)28(4,18-32)22(27)11-14-30(23,29)6/h8,19-20,22-25,32-33H,9-18H2,1-7H3/t19-,20+,22-,23-,24+,25-,27+,28+,29-,30-,31+/m1/s1. The van der Waals surface area contributed by atoms with Crippen LogP contribution in [0.3, 0.4) is 0 Å². The summed E-state index contributed by atoms with van der Waals surface area (Å²) in [6, 6.07) is 0. The first-order valence-electron chi connectivity index (χ1n) is 14.4. The zero-order chi connectivity index (χ0) is 25.6. The molecular weight excluding hydrogens is 436 g/mol. The Kier molecular flexibility index (Phi) is 5.94. The number of hydrogen-bond acceptors (Lipinski definition) is 4. The molecule has 0 aromatic rings. The molecule has 5 aliphatic rings. The van der Waals surface area contributed by atoms with Gasteiger partial charge in [-0.25, -0.2) is 0 Å². The van der Waals surface area contributed by atoms with Crippen molar-refractivity contribution in [2.24, 2.45) is 56.7 Å². The molecule has 198 valence electrons. The number of fused-ring (bicyclic) bond motifs is 7. The van der Waals surface area contributed by atoms with E-state index >= 15 is 0 Å². The number of allylic oxidation sites excluding steroid dienone is 2. The van der Waals surface area contributed by atoms with Crippen LogP contribution in [0.1, 0.15) is 99.3 Å². The van der Waals surface area contributed by atoms with Gasteiger partial charge in [0.1, 0.15) is 0 Å². The van der Waals surface area contributed by atoms with Gasteiger partial charge >= 0.3 is 5.97 Å². The predicted molar refractivity (Wildman–Crippen MR) is 138 cm³/mol. The van der Waals surface area contributed by atoms with Gasteiger partial charge in [-0.1, -0.05) is 53.2 Å². The largest absolute Gasteiger partial charge is 0.469 e. The lowest BCUT2D eigenvalue weighted by atomic mass is 9.33. The summed E-state index contributed by atoms with van der Waals surface area (Å²) in [4.78, 5) is 13.4. The monoisotopic (exact) mass is 486 g/mol. The maximum Gasteiger partial charge on any atom is 0.312 e. The zero-order valence-electron chi connectivity index (χ0n) is 23.3. The third kappa shape index (κ3) is 3.02. The summed E-state index contributed by atoms with van der Waals surface area (Å²) in [6.45, 7) is 14.5. The molecule has 0 unspecified atom stereocenters. The Hall–Kier alpha value is -0.870. The first-order valence-corrected chi connectivity index (χ1v) is 14.4. The molecule has 0 heterocycles. The quantitative estimate of drug-likeness (QED) is 0.363. The average molecular weight is 487 g/mol. The molecule has 5 aliphatic carbocycles. The number of aliphatic hydroxyl groups is 2. The van der Waals surface area contributed by atoms with Gasteiger partial charge in [0.05, 0.1) is 25.2 Å². The van der Waals surface area contributed by atoms with E-state index in [0.717, 1.165) is 57.8 Å². The van der Waals surface area contributed by atoms with Gasteiger partial charge in [-0.15, -0.1) is 0 Å². The van der Waals surface area contributed by atoms with Crippen molar-refractivity contribution >= 4 is 5.97 Å². The van der Waals surface area contributed by atoms with Gasteiger partial charge in [0.2, 0.25) is 0 Å². The summed E-state index contributed by atoms with van der Waals surface area (Å²) >= 11 is 0. The van der Waals surface area contributed by atoms with E-state index in [-0.39, 0.29) is 40.2 Å². The highest BCUT2D eigenvalue weighted by Gasteiger charge is 2.70. The summed E-state index contributed by atoms with van der Waals surface area (Å²) < 4.78 is 5.50. The second-order valence-electron chi connectivity index (χ2n) is 14.5. The molecule has 0 spiro atoms. The lowest BCUT2D eigenvalue weighted by Gasteiger charge is -2.71. The minimum atomic E-state index is -0.418. The Morgan fingerprint density at radius 1 is 1.00 bits per heavy atom. The van der Waals surface area contributed by atoms with E-state index in [4.69, 9.17) is 4.74 Å². The Morgan fingerprint density at radius 2 is 1.71 bits per heavy atom. The van der Waals surface area contributed by atoms with E-state index in [0.29, 0.717) is 23.7 Å². The molecule has 5 rings (SSSR count). The maximum absolute atomic E-state index is 13.4. The number of methoxy groups -OCH3 is 1. The van der Waals surface area contributed by atoms with Crippen molar-refractivity contribution in [3.05, 3.63) is 11.6 Å². The van der Waals surface area contributed by atoms with E-state index in [9.17, 15) is 15.0 Å². The zero-order valence-corrected chi connectivity index (χ0v) is 23.3. The Labute approximate surface area is 213 Å². The number of carbonyl (C=O) groups excluding carboxylic acids is 1. The van der Waals surface area contributed by atoms with Gasteiger partial charge in [0, 0.05) is 5.41 Å². The highest BCUT2D eigenvalue weighted by atomic mass is 16.5. The Balaban J connectivity index is 1.61. The molecule has 0 radical (unpaired) electrons. The van der Waals surface area contributed by atoms with Gasteiger partial charge in [-0.3, -0.25) is 4.79 Å². The van der Waals surface area contributed by atoms with Gasteiger partial charge in [0.25, 0.3) is 0 Å². The molecule has 4 heteroatoms. The number of rotatable bonds is 2. The minimum absolute atomic E-state index is 0.0205. The minimum Gasteiger partial charge on any atom is -0.469 e. The van der Waals surface area contributed by atoms with Crippen LogP contribution >= 0.6 is 0 Å². The molecule has 2 N–H and O–H groups in total. The van der Waals surface area contributed by atoms with Crippen LogP contribution in [0.15, 0.2) is 11.6 Å². The second-order valence-corrected chi connectivity index (χ2v) is 14.5. The van der Waals surface area contributed by atoms with E-state index in [1.54, 1.807) is 12.7 Å². The molecule has 35 heavy (non-hydrogen) atoms. The fraction of sp³-hybridized carbons (Fsp3) is 0.903. The Morgan fingerprint density at radius 3 is 2.37 bits per heavy atom. The van der Waals surface area contributed by atoms with Gasteiger partial charge in [-0.2, -0.15) is 0 Å². The number of ether oxygens (including phenoxy) is 1. The second kappa shape index (κ2) is 8.06. The first-order chi connectivity index (χ1) is 16.4. The lowest BCUT2D eigenvalue weighted by molar-refractivity contribution is -0.217. The highest BCUT2D eigenvalue weighted by Crippen LogP contribution is 2.75. The molecule has 0 bridgehead atoms. The molecule has 0 amide bonds. The van der Waals surface area contributed by atoms with Crippen molar-refractivity contribution in [1.82, 2.24) is 0 Å². The Bertz CT molecular complexity index is 912. The van der Waals surface area contributed by atoms with Crippen LogP contribution in [0.4, 0.5) is 0 Å². The highest BCUT2D eigenvalue weighted by molar-refractivity contribution is 5.78. The van der Waals surface area contributed by atoms with Crippen molar-refractivity contribution in [2.45, 2.75) is 105 Å². The fourth-order valence-corrected chi connectivity index (χ4v) is 11.1. The van der Waals surface area contributed by atoms with Crippen molar-refractivity contribution < 1.29 is 19.7 Å². The number of aliphatic hydroxyl groups excluding tert-OH is 2. The van der Waals surface area contributed by atoms with Gasteiger partial charge in [0.15, 0.2) is 0 Å². The normalized spacial score (nSPS) is 55.5. The van der Waals surface area contributed by atoms with Crippen molar-refractivity contribution in [2.75, 3.05) is 13.7 Å². The molecule has 0 saturated heterocycles. The van der Waals surface area contributed by atoms with Crippen LogP contribution < -0.4 is 0 Å². The van der Waals surface area contributed by atoms with Crippen LogP contribution in [0.25, 0.3) is 0 Å². The molecule has 4 fully saturated rings. The van der Waals surface area contributed by atoms with Crippen LogP contribution in [0.5, 0.6) is 0 Å². The third-order valence-electron chi connectivity index (χ3n) is 13.7. The topological polar surface area (TPSA) is 66.8 Å². The van der Waals surface area contributed by atoms with Crippen molar-refractivity contribution in [3.8, 4) is 0 Å². The van der Waals surface area contributed by atoms with Gasteiger partial charge in [-0.05, 0) is 104 Å². The smallest absolute Gasteiger partial charge is 0.312 e. The average Bonchev–Trinajstić information content (AvgIpc) is 2.83. The maximum atomic E-state index is 13.4. The van der Waals surface area contributed by atoms with Gasteiger partial charge < -0.3 is 14.9 Å². The summed E-state index contributed by atoms with van der Waals surface area (Å²) in [7, 11) is 1.58. The molecule has 0 aromatic heterocycles. The summed E-state index contributed by atoms with van der Waals surface area (Å²) in [5.74, 6) is 2.26. The third-order valence-corrected chi connectivity index (χ3v) is 13.7. The van der Waals surface area contributed by atoms with Crippen molar-refractivity contribution in [3.63, 3.8) is 0 Å². The van der Waals surface area contributed by atoms with Crippen LogP contribution in [-0.4, -0.2) is 36.0 Å². The van der Waals surface area contributed by atoms with Crippen LogP contribution in [0.2, 0.25) is 0 Å². The molecule has 0 aromatic carbocycles. The number of hydrogen-bond donors (Lipinski definition) is 2. The summed E-state index contributed by atoms with van der Waals surface area (Å²) in [6.07, 6.45) is 11.3. The van der Waals surface area contributed by atoms with Crippen molar-refractivity contribution in [1.29, 1.82) is 0 Å².